The number of nitrogens with one attached hydrogen (secondary N) is 2. The van der Waals surface area contributed by atoms with Gasteiger partial charge in [0.1, 0.15) is 0 Å². The average Bonchev–Trinajstić information content (AvgIpc) is 2.52. The summed E-state index contributed by atoms with van der Waals surface area (Å²) in [6, 6.07) is 7.19. The molecule has 0 fully saturated rings. The molecule has 0 aromatic heterocycles. The SMILES string of the molecule is CCCNC(=O)c1cccc(NCC(=O)N(CC)CC)c1. The maximum Gasteiger partial charge on any atom is 0.251 e. The van der Waals surface area contributed by atoms with E-state index in [1.54, 1.807) is 17.0 Å². The summed E-state index contributed by atoms with van der Waals surface area (Å²) in [6.45, 7) is 8.24. The van der Waals surface area contributed by atoms with Crippen LogP contribution in [0.1, 0.15) is 37.6 Å². The van der Waals surface area contributed by atoms with E-state index >= 15 is 0 Å². The van der Waals surface area contributed by atoms with Gasteiger partial charge in [0.05, 0.1) is 6.54 Å². The van der Waals surface area contributed by atoms with Gasteiger partial charge < -0.3 is 15.5 Å². The quantitative estimate of drug-likeness (QED) is 0.771. The minimum absolute atomic E-state index is 0.0563. The van der Waals surface area contributed by atoms with Gasteiger partial charge in [-0.15, -0.1) is 0 Å². The smallest absolute Gasteiger partial charge is 0.251 e. The van der Waals surface area contributed by atoms with Gasteiger partial charge in [-0.3, -0.25) is 9.59 Å². The minimum Gasteiger partial charge on any atom is -0.376 e. The van der Waals surface area contributed by atoms with Crippen molar-refractivity contribution in [3.05, 3.63) is 29.8 Å². The predicted octanol–water partition coefficient (Wildman–Crippen LogP) is 2.11. The van der Waals surface area contributed by atoms with E-state index in [-0.39, 0.29) is 18.4 Å². The Labute approximate surface area is 126 Å². The lowest BCUT2D eigenvalue weighted by molar-refractivity contribution is -0.128. The monoisotopic (exact) mass is 291 g/mol. The van der Waals surface area contributed by atoms with E-state index in [0.29, 0.717) is 25.2 Å². The van der Waals surface area contributed by atoms with Crippen LogP contribution in [0.5, 0.6) is 0 Å². The van der Waals surface area contributed by atoms with Crippen LogP contribution in [0.25, 0.3) is 0 Å². The Morgan fingerprint density at radius 2 is 1.86 bits per heavy atom. The second kappa shape index (κ2) is 9.00. The maximum absolute atomic E-state index is 11.9. The van der Waals surface area contributed by atoms with Gasteiger partial charge in [0.2, 0.25) is 5.91 Å². The summed E-state index contributed by atoms with van der Waals surface area (Å²) in [6.07, 6.45) is 0.905. The Morgan fingerprint density at radius 3 is 2.48 bits per heavy atom. The number of carbonyl (C=O) groups excluding carboxylic acids is 2. The average molecular weight is 291 g/mol. The molecule has 0 aliphatic rings. The largest absolute Gasteiger partial charge is 0.376 e. The molecule has 0 bridgehead atoms. The lowest BCUT2D eigenvalue weighted by atomic mass is 10.2. The fraction of sp³-hybridized carbons (Fsp3) is 0.500. The van der Waals surface area contributed by atoms with Crippen LogP contribution in [0.2, 0.25) is 0 Å². The zero-order valence-corrected chi connectivity index (χ0v) is 13.1. The highest BCUT2D eigenvalue weighted by Crippen LogP contribution is 2.10. The van der Waals surface area contributed by atoms with Gasteiger partial charge in [0, 0.05) is 30.9 Å². The molecule has 116 valence electrons. The van der Waals surface area contributed by atoms with Crippen LogP contribution in [0.4, 0.5) is 5.69 Å². The van der Waals surface area contributed by atoms with E-state index in [2.05, 4.69) is 10.6 Å². The Bertz CT molecular complexity index is 470. The number of nitrogens with zero attached hydrogens (tertiary/aromatic N) is 1. The van der Waals surface area contributed by atoms with Crippen LogP contribution >= 0.6 is 0 Å². The molecule has 0 saturated heterocycles. The zero-order chi connectivity index (χ0) is 15.7. The summed E-state index contributed by atoms with van der Waals surface area (Å²) in [5.41, 5.74) is 1.38. The van der Waals surface area contributed by atoms with E-state index < -0.39 is 0 Å². The van der Waals surface area contributed by atoms with E-state index in [0.717, 1.165) is 12.1 Å². The predicted molar refractivity (Wildman–Crippen MR) is 85.5 cm³/mol. The van der Waals surface area contributed by atoms with Gasteiger partial charge in [-0.1, -0.05) is 13.0 Å². The molecule has 0 unspecified atom stereocenters. The highest BCUT2D eigenvalue weighted by Gasteiger charge is 2.09. The number of amides is 2. The molecule has 5 heteroatoms. The molecule has 21 heavy (non-hydrogen) atoms. The van der Waals surface area contributed by atoms with Crippen LogP contribution in [0.3, 0.4) is 0 Å². The van der Waals surface area contributed by atoms with Crippen molar-refractivity contribution >= 4 is 17.5 Å². The van der Waals surface area contributed by atoms with Crippen molar-refractivity contribution < 1.29 is 9.59 Å². The molecule has 1 aromatic rings. The normalized spacial score (nSPS) is 10.0. The Morgan fingerprint density at radius 1 is 1.14 bits per heavy atom. The molecule has 1 aromatic carbocycles. The molecule has 0 atom stereocenters. The van der Waals surface area contributed by atoms with Gasteiger partial charge in [0.25, 0.3) is 5.91 Å². The fourth-order valence-corrected chi connectivity index (χ4v) is 1.98. The van der Waals surface area contributed by atoms with Crippen LogP contribution in [0.15, 0.2) is 24.3 Å². The second-order valence-electron chi connectivity index (χ2n) is 4.76. The van der Waals surface area contributed by atoms with Crippen LogP contribution in [-0.2, 0) is 4.79 Å². The van der Waals surface area contributed by atoms with Crippen molar-refractivity contribution in [2.24, 2.45) is 0 Å². The van der Waals surface area contributed by atoms with Gasteiger partial charge in [0.15, 0.2) is 0 Å². The first-order valence-corrected chi connectivity index (χ1v) is 7.52. The number of benzene rings is 1. The molecule has 0 saturated carbocycles. The van der Waals surface area contributed by atoms with Crippen molar-refractivity contribution in [3.8, 4) is 0 Å². The highest BCUT2D eigenvalue weighted by atomic mass is 16.2. The first kappa shape index (κ1) is 17.0. The maximum atomic E-state index is 11.9. The van der Waals surface area contributed by atoms with Gasteiger partial charge in [-0.2, -0.15) is 0 Å². The fourth-order valence-electron chi connectivity index (χ4n) is 1.98. The Kier molecular flexibility index (Phi) is 7.29. The standard InChI is InChI=1S/C16H25N3O2/c1-4-10-17-16(21)13-8-7-9-14(11-13)18-12-15(20)19(5-2)6-3/h7-9,11,18H,4-6,10,12H2,1-3H3,(H,17,21). The lowest BCUT2D eigenvalue weighted by Crippen LogP contribution is -2.35. The minimum atomic E-state index is -0.0874. The van der Waals surface area contributed by atoms with Gasteiger partial charge in [-0.05, 0) is 38.5 Å². The number of carbonyl (C=O) groups is 2. The first-order chi connectivity index (χ1) is 10.1. The van der Waals surface area contributed by atoms with Crippen LogP contribution < -0.4 is 10.6 Å². The van der Waals surface area contributed by atoms with E-state index in [9.17, 15) is 9.59 Å². The molecule has 0 spiro atoms. The molecule has 0 aliphatic heterocycles. The molecular formula is C16H25N3O2. The van der Waals surface area contributed by atoms with E-state index in [4.69, 9.17) is 0 Å². The Hall–Kier alpha value is -2.04. The topological polar surface area (TPSA) is 61.4 Å². The summed E-state index contributed by atoms with van der Waals surface area (Å²) in [5.74, 6) is -0.0311. The third-order valence-electron chi connectivity index (χ3n) is 3.22. The number of rotatable bonds is 8. The van der Waals surface area contributed by atoms with Gasteiger partial charge in [-0.25, -0.2) is 0 Å². The summed E-state index contributed by atoms with van der Waals surface area (Å²) < 4.78 is 0. The number of hydrogen-bond acceptors (Lipinski definition) is 3. The third kappa shape index (κ3) is 5.45. The Balaban J connectivity index is 2.60. The molecule has 0 aliphatic carbocycles. The first-order valence-electron chi connectivity index (χ1n) is 7.52. The molecular weight excluding hydrogens is 266 g/mol. The van der Waals surface area contributed by atoms with Crippen molar-refractivity contribution in [2.75, 3.05) is 31.5 Å². The number of anilines is 1. The van der Waals surface area contributed by atoms with Crippen LogP contribution in [0, 0.1) is 0 Å². The molecule has 0 radical (unpaired) electrons. The third-order valence-corrected chi connectivity index (χ3v) is 3.22. The van der Waals surface area contributed by atoms with E-state index in [1.165, 1.54) is 0 Å². The summed E-state index contributed by atoms with van der Waals surface area (Å²) in [7, 11) is 0. The molecule has 1 rings (SSSR count). The molecule has 0 heterocycles. The summed E-state index contributed by atoms with van der Waals surface area (Å²) in [5, 5.41) is 5.91. The van der Waals surface area contributed by atoms with E-state index in [1.807, 2.05) is 32.9 Å². The molecule has 2 N–H and O–H groups in total. The zero-order valence-electron chi connectivity index (χ0n) is 13.1. The lowest BCUT2D eigenvalue weighted by Gasteiger charge is -2.19. The molecule has 5 nitrogen and oxygen atoms in total. The van der Waals surface area contributed by atoms with Crippen molar-refractivity contribution in [1.29, 1.82) is 0 Å². The van der Waals surface area contributed by atoms with Crippen molar-refractivity contribution in [2.45, 2.75) is 27.2 Å². The highest BCUT2D eigenvalue weighted by molar-refractivity contribution is 5.95. The summed E-state index contributed by atoms with van der Waals surface area (Å²) in [4.78, 5) is 25.6. The molecule has 2 amide bonds. The number of hydrogen-bond donors (Lipinski definition) is 2. The summed E-state index contributed by atoms with van der Waals surface area (Å²) >= 11 is 0. The van der Waals surface area contributed by atoms with Crippen LogP contribution in [-0.4, -0.2) is 42.9 Å². The van der Waals surface area contributed by atoms with Crippen molar-refractivity contribution in [3.63, 3.8) is 0 Å². The number of likely N-dealkylation sites (N-methyl/N-ethyl adjacent to an activating group) is 1. The second-order valence-corrected chi connectivity index (χ2v) is 4.76. The van der Waals surface area contributed by atoms with Gasteiger partial charge >= 0.3 is 0 Å². The van der Waals surface area contributed by atoms with Crippen molar-refractivity contribution in [1.82, 2.24) is 10.2 Å².